The fourth-order valence-corrected chi connectivity index (χ4v) is 2.38. The standard InChI is InChI=1S/C12H7Cl2I/c13-9-3-1-2-8(6-9)11-7-10(14)4-5-12(11)15/h1-7H. The van der Waals surface area contributed by atoms with Crippen LogP contribution in [0.15, 0.2) is 42.5 Å². The van der Waals surface area contributed by atoms with Gasteiger partial charge >= 0.3 is 0 Å². The molecule has 0 aliphatic carbocycles. The van der Waals surface area contributed by atoms with Crippen LogP contribution in [0.4, 0.5) is 0 Å². The fourth-order valence-electron chi connectivity index (χ4n) is 1.37. The van der Waals surface area contributed by atoms with Crippen LogP contribution in [0.1, 0.15) is 0 Å². The molecule has 0 unspecified atom stereocenters. The minimum Gasteiger partial charge on any atom is -0.0843 e. The third-order valence-corrected chi connectivity index (χ3v) is 3.47. The van der Waals surface area contributed by atoms with E-state index >= 15 is 0 Å². The van der Waals surface area contributed by atoms with Crippen LogP contribution >= 0.6 is 45.8 Å². The van der Waals surface area contributed by atoms with Crippen LogP contribution in [0, 0.1) is 3.57 Å². The van der Waals surface area contributed by atoms with Gasteiger partial charge in [0, 0.05) is 13.6 Å². The minimum absolute atomic E-state index is 0.739. The molecule has 0 saturated heterocycles. The zero-order chi connectivity index (χ0) is 10.8. The van der Waals surface area contributed by atoms with E-state index in [0.29, 0.717) is 0 Å². The van der Waals surface area contributed by atoms with Crippen molar-refractivity contribution < 1.29 is 0 Å². The normalized spacial score (nSPS) is 10.3. The van der Waals surface area contributed by atoms with E-state index in [1.165, 1.54) is 3.57 Å². The maximum absolute atomic E-state index is 5.97. The number of halogens is 3. The van der Waals surface area contributed by atoms with Gasteiger partial charge in [0.1, 0.15) is 0 Å². The van der Waals surface area contributed by atoms with Crippen molar-refractivity contribution in [2.45, 2.75) is 0 Å². The largest absolute Gasteiger partial charge is 0.0843 e. The number of rotatable bonds is 1. The minimum atomic E-state index is 0.739. The van der Waals surface area contributed by atoms with Crippen LogP contribution in [0.2, 0.25) is 10.0 Å². The zero-order valence-electron chi connectivity index (χ0n) is 7.68. The van der Waals surface area contributed by atoms with E-state index in [1.807, 2.05) is 42.5 Å². The average Bonchev–Trinajstić information content (AvgIpc) is 2.22. The molecule has 0 heterocycles. The molecule has 15 heavy (non-hydrogen) atoms. The molecule has 0 amide bonds. The van der Waals surface area contributed by atoms with Crippen molar-refractivity contribution >= 4 is 45.8 Å². The Morgan fingerprint density at radius 2 is 1.60 bits per heavy atom. The monoisotopic (exact) mass is 348 g/mol. The molecular formula is C12H7Cl2I. The molecule has 0 fully saturated rings. The van der Waals surface area contributed by atoms with Gasteiger partial charge in [-0.2, -0.15) is 0 Å². The van der Waals surface area contributed by atoms with Gasteiger partial charge in [0.05, 0.1) is 0 Å². The Hall–Kier alpha value is -0.250. The van der Waals surface area contributed by atoms with Gasteiger partial charge in [0.2, 0.25) is 0 Å². The van der Waals surface area contributed by atoms with Crippen LogP contribution in [0.25, 0.3) is 11.1 Å². The maximum Gasteiger partial charge on any atom is 0.0412 e. The highest BCUT2D eigenvalue weighted by molar-refractivity contribution is 14.1. The topological polar surface area (TPSA) is 0 Å². The summed E-state index contributed by atoms with van der Waals surface area (Å²) in [7, 11) is 0. The molecule has 0 nitrogen and oxygen atoms in total. The SMILES string of the molecule is Clc1cccc(-c2cc(Cl)ccc2I)c1. The van der Waals surface area contributed by atoms with Crippen molar-refractivity contribution in [3.63, 3.8) is 0 Å². The lowest BCUT2D eigenvalue weighted by Gasteiger charge is -2.05. The van der Waals surface area contributed by atoms with E-state index in [2.05, 4.69) is 22.6 Å². The van der Waals surface area contributed by atoms with Crippen LogP contribution in [0.5, 0.6) is 0 Å². The van der Waals surface area contributed by atoms with E-state index in [0.717, 1.165) is 21.2 Å². The Kier molecular flexibility index (Phi) is 3.54. The zero-order valence-corrected chi connectivity index (χ0v) is 11.3. The molecule has 2 aromatic rings. The fraction of sp³-hybridized carbons (Fsp3) is 0. The third-order valence-electron chi connectivity index (χ3n) is 2.06. The van der Waals surface area contributed by atoms with Crippen LogP contribution in [-0.2, 0) is 0 Å². The Labute approximate surface area is 112 Å². The predicted octanol–water partition coefficient (Wildman–Crippen LogP) is 5.27. The highest BCUT2D eigenvalue weighted by Crippen LogP contribution is 2.29. The molecule has 0 aliphatic heterocycles. The lowest BCUT2D eigenvalue weighted by Crippen LogP contribution is -1.82. The molecule has 76 valence electrons. The average molecular weight is 349 g/mol. The Balaban J connectivity index is 2.58. The summed E-state index contributed by atoms with van der Waals surface area (Å²) in [6, 6.07) is 13.6. The summed E-state index contributed by atoms with van der Waals surface area (Å²) in [6.07, 6.45) is 0. The molecule has 0 aromatic heterocycles. The predicted molar refractivity (Wildman–Crippen MR) is 74.6 cm³/mol. The van der Waals surface area contributed by atoms with Crippen molar-refractivity contribution in [3.8, 4) is 11.1 Å². The van der Waals surface area contributed by atoms with E-state index in [1.54, 1.807) is 0 Å². The summed E-state index contributed by atoms with van der Waals surface area (Å²) in [5.74, 6) is 0. The third kappa shape index (κ3) is 2.65. The first-order valence-electron chi connectivity index (χ1n) is 4.38. The Morgan fingerprint density at radius 1 is 0.867 bits per heavy atom. The van der Waals surface area contributed by atoms with Crippen molar-refractivity contribution in [3.05, 3.63) is 56.1 Å². The molecule has 2 aromatic carbocycles. The summed E-state index contributed by atoms with van der Waals surface area (Å²) in [4.78, 5) is 0. The van der Waals surface area contributed by atoms with Gasteiger partial charge in [0.15, 0.2) is 0 Å². The van der Waals surface area contributed by atoms with Gasteiger partial charge in [-0.05, 0) is 64.0 Å². The molecular weight excluding hydrogens is 342 g/mol. The Bertz CT molecular complexity index is 495. The summed E-state index contributed by atoms with van der Waals surface area (Å²) in [5.41, 5.74) is 2.21. The number of hydrogen-bond acceptors (Lipinski definition) is 0. The summed E-state index contributed by atoms with van der Waals surface area (Å²) in [6.45, 7) is 0. The number of benzene rings is 2. The lowest BCUT2D eigenvalue weighted by atomic mass is 10.1. The highest BCUT2D eigenvalue weighted by Gasteiger charge is 2.04. The van der Waals surface area contributed by atoms with Gasteiger partial charge in [-0.1, -0.05) is 35.3 Å². The highest BCUT2D eigenvalue weighted by atomic mass is 127. The van der Waals surface area contributed by atoms with Crippen LogP contribution in [0.3, 0.4) is 0 Å². The maximum atomic E-state index is 5.97. The first kappa shape index (κ1) is 11.2. The molecule has 0 aliphatic rings. The van der Waals surface area contributed by atoms with Gasteiger partial charge in [-0.3, -0.25) is 0 Å². The first-order valence-corrected chi connectivity index (χ1v) is 6.21. The number of hydrogen-bond donors (Lipinski definition) is 0. The molecule has 3 heteroatoms. The molecule has 0 atom stereocenters. The smallest absolute Gasteiger partial charge is 0.0412 e. The molecule has 2 rings (SSSR count). The second kappa shape index (κ2) is 4.73. The summed E-state index contributed by atoms with van der Waals surface area (Å²) in [5, 5.41) is 1.48. The van der Waals surface area contributed by atoms with Gasteiger partial charge in [-0.15, -0.1) is 0 Å². The molecule has 0 spiro atoms. The van der Waals surface area contributed by atoms with Crippen molar-refractivity contribution in [2.75, 3.05) is 0 Å². The molecule has 0 saturated carbocycles. The van der Waals surface area contributed by atoms with Gasteiger partial charge < -0.3 is 0 Å². The van der Waals surface area contributed by atoms with Crippen LogP contribution in [-0.4, -0.2) is 0 Å². The lowest BCUT2D eigenvalue weighted by molar-refractivity contribution is 1.58. The van der Waals surface area contributed by atoms with E-state index in [4.69, 9.17) is 23.2 Å². The van der Waals surface area contributed by atoms with Gasteiger partial charge in [-0.25, -0.2) is 0 Å². The first-order chi connectivity index (χ1) is 7.16. The molecule has 0 radical (unpaired) electrons. The summed E-state index contributed by atoms with van der Waals surface area (Å²) >= 11 is 14.2. The van der Waals surface area contributed by atoms with Gasteiger partial charge in [0.25, 0.3) is 0 Å². The van der Waals surface area contributed by atoms with E-state index in [-0.39, 0.29) is 0 Å². The quantitative estimate of drug-likeness (QED) is 0.616. The molecule has 0 bridgehead atoms. The van der Waals surface area contributed by atoms with Crippen molar-refractivity contribution in [1.82, 2.24) is 0 Å². The summed E-state index contributed by atoms with van der Waals surface area (Å²) < 4.78 is 1.17. The second-order valence-electron chi connectivity index (χ2n) is 3.13. The Morgan fingerprint density at radius 3 is 2.33 bits per heavy atom. The van der Waals surface area contributed by atoms with E-state index < -0.39 is 0 Å². The van der Waals surface area contributed by atoms with Crippen LogP contribution < -0.4 is 0 Å². The second-order valence-corrected chi connectivity index (χ2v) is 5.17. The molecule has 0 N–H and O–H groups in total. The van der Waals surface area contributed by atoms with E-state index in [9.17, 15) is 0 Å². The van der Waals surface area contributed by atoms with Crippen molar-refractivity contribution in [1.29, 1.82) is 0 Å². The van der Waals surface area contributed by atoms with Crippen molar-refractivity contribution in [2.24, 2.45) is 0 Å².